The number of carbonyl (C=O) groups is 1. The van der Waals surface area contributed by atoms with Crippen molar-refractivity contribution in [1.82, 2.24) is 5.32 Å². The van der Waals surface area contributed by atoms with Gasteiger partial charge in [-0.25, -0.2) is 0 Å². The maximum absolute atomic E-state index is 11.9. The zero-order valence-corrected chi connectivity index (χ0v) is 11.9. The van der Waals surface area contributed by atoms with Crippen LogP contribution in [0.2, 0.25) is 5.02 Å². The first-order chi connectivity index (χ1) is 9.49. The number of amides is 1. The van der Waals surface area contributed by atoms with Gasteiger partial charge >= 0.3 is 0 Å². The molecule has 1 aromatic rings. The van der Waals surface area contributed by atoms with E-state index < -0.39 is 4.92 Å². The van der Waals surface area contributed by atoms with Crippen molar-refractivity contribution in [2.45, 2.75) is 19.8 Å². The van der Waals surface area contributed by atoms with E-state index in [0.29, 0.717) is 13.0 Å². The summed E-state index contributed by atoms with van der Waals surface area (Å²) in [4.78, 5) is 22.0. The number of nitrogens with one attached hydrogen (secondary N) is 1. The molecule has 7 heteroatoms. The summed E-state index contributed by atoms with van der Waals surface area (Å²) >= 11 is 5.87. The molecular formula is C13H17ClN2O4. The van der Waals surface area contributed by atoms with Gasteiger partial charge in [-0.1, -0.05) is 24.9 Å². The predicted octanol–water partition coefficient (Wildman–Crippen LogP) is 2.39. The molecular weight excluding hydrogens is 284 g/mol. The minimum atomic E-state index is -0.568. The van der Waals surface area contributed by atoms with Gasteiger partial charge in [0.15, 0.2) is 0 Å². The highest BCUT2D eigenvalue weighted by molar-refractivity contribution is 6.34. The fourth-order valence-corrected chi connectivity index (χ4v) is 2.03. The number of rotatable bonds is 7. The van der Waals surface area contributed by atoms with Crippen LogP contribution in [0.1, 0.15) is 30.1 Å². The topological polar surface area (TPSA) is 92.5 Å². The van der Waals surface area contributed by atoms with Gasteiger partial charge in [-0.05, 0) is 18.4 Å². The summed E-state index contributed by atoms with van der Waals surface area (Å²) in [6.45, 7) is 2.49. The van der Waals surface area contributed by atoms with Crippen LogP contribution < -0.4 is 5.32 Å². The lowest BCUT2D eigenvalue weighted by Gasteiger charge is -2.14. The summed E-state index contributed by atoms with van der Waals surface area (Å²) in [7, 11) is 0. The van der Waals surface area contributed by atoms with Crippen molar-refractivity contribution in [3.8, 4) is 0 Å². The Balaban J connectivity index is 2.70. The Morgan fingerprint density at radius 2 is 2.25 bits per heavy atom. The van der Waals surface area contributed by atoms with Crippen LogP contribution in [0, 0.1) is 16.0 Å². The van der Waals surface area contributed by atoms with Gasteiger partial charge < -0.3 is 10.4 Å². The van der Waals surface area contributed by atoms with Crippen LogP contribution in [-0.2, 0) is 0 Å². The molecule has 1 rings (SSSR count). The molecule has 0 aliphatic rings. The Labute approximate surface area is 121 Å². The van der Waals surface area contributed by atoms with E-state index in [0.717, 1.165) is 12.5 Å². The van der Waals surface area contributed by atoms with E-state index in [4.69, 9.17) is 16.7 Å². The summed E-state index contributed by atoms with van der Waals surface area (Å²) in [6, 6.07) is 3.73. The average Bonchev–Trinajstić information content (AvgIpc) is 2.42. The van der Waals surface area contributed by atoms with Gasteiger partial charge in [0.05, 0.1) is 15.5 Å². The first-order valence-electron chi connectivity index (χ1n) is 6.32. The summed E-state index contributed by atoms with van der Waals surface area (Å²) in [6.07, 6.45) is 1.46. The van der Waals surface area contributed by atoms with Crippen LogP contribution >= 0.6 is 11.6 Å². The zero-order chi connectivity index (χ0) is 15.1. The van der Waals surface area contributed by atoms with E-state index in [9.17, 15) is 14.9 Å². The summed E-state index contributed by atoms with van der Waals surface area (Å²) in [5.41, 5.74) is 0.0504. The first kappa shape index (κ1) is 16.4. The van der Waals surface area contributed by atoms with Gasteiger partial charge in [0, 0.05) is 25.3 Å². The number of carbonyl (C=O) groups excluding carboxylic acids is 1. The van der Waals surface area contributed by atoms with E-state index in [1.165, 1.54) is 12.1 Å². The Kier molecular flexibility index (Phi) is 6.41. The Morgan fingerprint density at radius 1 is 1.55 bits per heavy atom. The number of halogens is 1. The third-order valence-corrected chi connectivity index (χ3v) is 3.39. The average molecular weight is 301 g/mol. The fraction of sp³-hybridized carbons (Fsp3) is 0.462. The van der Waals surface area contributed by atoms with Crippen LogP contribution in [-0.4, -0.2) is 29.1 Å². The lowest BCUT2D eigenvalue weighted by Crippen LogP contribution is -2.29. The minimum absolute atomic E-state index is 0.0481. The quantitative estimate of drug-likeness (QED) is 0.597. The molecule has 1 aromatic carbocycles. The van der Waals surface area contributed by atoms with Crippen molar-refractivity contribution in [3.05, 3.63) is 38.9 Å². The molecule has 2 N–H and O–H groups in total. The molecule has 0 saturated carbocycles. The number of non-ortho nitro benzene ring substituents is 1. The summed E-state index contributed by atoms with van der Waals surface area (Å²) < 4.78 is 0. The second-order valence-electron chi connectivity index (χ2n) is 4.42. The van der Waals surface area contributed by atoms with Gasteiger partial charge in [0.2, 0.25) is 0 Å². The Bertz CT molecular complexity index is 493. The largest absolute Gasteiger partial charge is 0.396 e. The van der Waals surface area contributed by atoms with Crippen LogP contribution in [0.4, 0.5) is 5.69 Å². The van der Waals surface area contributed by atoms with Gasteiger partial charge in [-0.3, -0.25) is 14.9 Å². The molecule has 0 spiro atoms. The molecule has 1 atom stereocenters. The molecule has 20 heavy (non-hydrogen) atoms. The zero-order valence-electron chi connectivity index (χ0n) is 11.1. The molecule has 110 valence electrons. The third kappa shape index (κ3) is 4.47. The van der Waals surface area contributed by atoms with Crippen LogP contribution in [0.15, 0.2) is 18.2 Å². The molecule has 0 fully saturated rings. The van der Waals surface area contributed by atoms with Crippen molar-refractivity contribution in [2.24, 2.45) is 5.92 Å². The molecule has 0 aliphatic carbocycles. The predicted molar refractivity (Wildman–Crippen MR) is 75.9 cm³/mol. The van der Waals surface area contributed by atoms with Crippen molar-refractivity contribution in [2.75, 3.05) is 13.2 Å². The molecule has 0 radical (unpaired) electrons. The minimum Gasteiger partial charge on any atom is -0.396 e. The number of hydrogen-bond donors (Lipinski definition) is 2. The van der Waals surface area contributed by atoms with Gasteiger partial charge in [0.1, 0.15) is 0 Å². The van der Waals surface area contributed by atoms with Crippen molar-refractivity contribution >= 4 is 23.2 Å². The van der Waals surface area contributed by atoms with E-state index in [-0.39, 0.29) is 34.7 Å². The molecule has 0 heterocycles. The molecule has 0 aliphatic heterocycles. The molecule has 0 bridgehead atoms. The number of nitro groups is 1. The molecule has 0 saturated heterocycles. The summed E-state index contributed by atoms with van der Waals surface area (Å²) in [5, 5.41) is 22.2. The van der Waals surface area contributed by atoms with Crippen LogP contribution in [0.3, 0.4) is 0 Å². The second-order valence-corrected chi connectivity index (χ2v) is 4.83. The molecule has 1 amide bonds. The third-order valence-electron chi connectivity index (χ3n) is 3.07. The van der Waals surface area contributed by atoms with E-state index in [2.05, 4.69) is 5.32 Å². The SMILES string of the molecule is CCC(CCO)CNC(=O)c1ccc([N+](=O)[O-])cc1Cl. The molecule has 6 nitrogen and oxygen atoms in total. The lowest BCUT2D eigenvalue weighted by atomic mass is 10.0. The van der Waals surface area contributed by atoms with Crippen molar-refractivity contribution < 1.29 is 14.8 Å². The summed E-state index contributed by atoms with van der Waals surface area (Å²) in [5.74, 6) is -0.179. The Morgan fingerprint density at radius 3 is 2.75 bits per heavy atom. The van der Waals surface area contributed by atoms with Gasteiger partial charge in [0.25, 0.3) is 11.6 Å². The first-order valence-corrected chi connectivity index (χ1v) is 6.70. The number of hydrogen-bond acceptors (Lipinski definition) is 4. The van der Waals surface area contributed by atoms with Crippen molar-refractivity contribution in [1.29, 1.82) is 0 Å². The number of aliphatic hydroxyl groups excluding tert-OH is 1. The second kappa shape index (κ2) is 7.81. The number of benzene rings is 1. The Hall–Kier alpha value is -1.66. The van der Waals surface area contributed by atoms with E-state index in [1.807, 2.05) is 6.92 Å². The fourth-order valence-electron chi connectivity index (χ4n) is 1.77. The highest BCUT2D eigenvalue weighted by Gasteiger charge is 2.15. The number of aliphatic hydroxyl groups is 1. The van der Waals surface area contributed by atoms with Gasteiger partial charge in [-0.2, -0.15) is 0 Å². The normalized spacial score (nSPS) is 11.9. The highest BCUT2D eigenvalue weighted by atomic mass is 35.5. The highest BCUT2D eigenvalue weighted by Crippen LogP contribution is 2.22. The van der Waals surface area contributed by atoms with Crippen LogP contribution in [0.25, 0.3) is 0 Å². The van der Waals surface area contributed by atoms with Crippen molar-refractivity contribution in [3.63, 3.8) is 0 Å². The number of nitrogens with zero attached hydrogens (tertiary/aromatic N) is 1. The lowest BCUT2D eigenvalue weighted by molar-refractivity contribution is -0.384. The standard InChI is InChI=1S/C13H17ClN2O4/c1-2-9(5-6-17)8-15-13(18)11-4-3-10(16(19)20)7-12(11)14/h3-4,7,9,17H,2,5-6,8H2,1H3,(H,15,18). The molecule has 1 unspecified atom stereocenters. The number of nitro benzene ring substituents is 1. The maximum Gasteiger partial charge on any atom is 0.270 e. The van der Waals surface area contributed by atoms with Gasteiger partial charge in [-0.15, -0.1) is 0 Å². The van der Waals surface area contributed by atoms with E-state index >= 15 is 0 Å². The monoisotopic (exact) mass is 300 g/mol. The molecule has 0 aromatic heterocycles. The maximum atomic E-state index is 11.9. The van der Waals surface area contributed by atoms with Crippen LogP contribution in [0.5, 0.6) is 0 Å². The van der Waals surface area contributed by atoms with E-state index in [1.54, 1.807) is 0 Å². The smallest absolute Gasteiger partial charge is 0.270 e.